The van der Waals surface area contributed by atoms with Crippen LogP contribution in [0.1, 0.15) is 75.6 Å². The van der Waals surface area contributed by atoms with E-state index in [-0.39, 0.29) is 5.78 Å². The maximum absolute atomic E-state index is 12.2. The average molecular weight is 276 g/mol. The van der Waals surface area contributed by atoms with E-state index in [0.29, 0.717) is 13.0 Å². The van der Waals surface area contributed by atoms with Crippen LogP contribution in [0.2, 0.25) is 0 Å². The van der Waals surface area contributed by atoms with Gasteiger partial charge in [0, 0.05) is 6.42 Å². The molecule has 1 aromatic rings. The highest BCUT2D eigenvalue weighted by atomic mass is 16.5. The summed E-state index contributed by atoms with van der Waals surface area (Å²) < 4.78 is 5.51. The summed E-state index contributed by atoms with van der Waals surface area (Å²) >= 11 is 0. The van der Waals surface area contributed by atoms with Crippen molar-refractivity contribution in [2.45, 2.75) is 65.2 Å². The zero-order valence-corrected chi connectivity index (χ0v) is 13.0. The third-order valence-electron chi connectivity index (χ3n) is 3.49. The zero-order valence-electron chi connectivity index (χ0n) is 13.0. The lowest BCUT2D eigenvalue weighted by atomic mass is 10.0. The molecule has 0 unspecified atom stereocenters. The third-order valence-corrected chi connectivity index (χ3v) is 3.49. The number of hydrogen-bond acceptors (Lipinski definition) is 2. The van der Waals surface area contributed by atoms with Gasteiger partial charge in [-0.15, -0.1) is 0 Å². The first-order valence-corrected chi connectivity index (χ1v) is 8.04. The molecule has 0 heterocycles. The van der Waals surface area contributed by atoms with E-state index in [9.17, 15) is 4.79 Å². The lowest BCUT2D eigenvalue weighted by Gasteiger charge is -2.08. The average Bonchev–Trinajstić information content (AvgIpc) is 2.47. The molecular formula is C18H28O2. The van der Waals surface area contributed by atoms with Crippen LogP contribution in [0.25, 0.3) is 0 Å². The molecule has 0 atom stereocenters. The summed E-state index contributed by atoms with van der Waals surface area (Å²) in [5.41, 5.74) is 0.736. The summed E-state index contributed by atoms with van der Waals surface area (Å²) in [6.07, 6.45) is 9.29. The number of hydrogen-bond donors (Lipinski definition) is 0. The minimum Gasteiger partial charge on any atom is -0.493 e. The fourth-order valence-corrected chi connectivity index (χ4v) is 2.36. The predicted octanol–water partition coefficient (Wildman–Crippen LogP) is 5.41. The molecule has 0 amide bonds. The molecule has 0 radical (unpaired) electrons. The van der Waals surface area contributed by atoms with Gasteiger partial charge in [-0.1, -0.05) is 57.6 Å². The van der Waals surface area contributed by atoms with Gasteiger partial charge in [0.1, 0.15) is 5.75 Å². The molecular weight excluding hydrogens is 248 g/mol. The van der Waals surface area contributed by atoms with E-state index < -0.39 is 0 Å². The Balaban J connectivity index is 2.29. The van der Waals surface area contributed by atoms with Crippen molar-refractivity contribution in [1.82, 2.24) is 0 Å². The Kier molecular flexibility index (Phi) is 8.77. The lowest BCUT2D eigenvalue weighted by molar-refractivity contribution is 0.0975. The second-order valence-corrected chi connectivity index (χ2v) is 5.22. The van der Waals surface area contributed by atoms with Gasteiger partial charge in [0.15, 0.2) is 5.78 Å². The molecule has 0 aliphatic rings. The van der Waals surface area contributed by atoms with E-state index in [0.717, 1.165) is 24.2 Å². The van der Waals surface area contributed by atoms with E-state index in [1.54, 1.807) is 0 Å². The molecule has 20 heavy (non-hydrogen) atoms. The Hall–Kier alpha value is -1.31. The molecule has 2 heteroatoms. The standard InChI is InChI=1S/C18H28O2/c1-3-5-6-7-8-9-10-14-17(19)16-13-11-12-15-18(16)20-4-2/h11-13,15H,3-10,14H2,1-2H3. The minimum atomic E-state index is 0.211. The number of ketones is 1. The van der Waals surface area contributed by atoms with Crippen molar-refractivity contribution in [1.29, 1.82) is 0 Å². The Labute approximate surface area is 123 Å². The third kappa shape index (κ3) is 6.23. The number of carbonyl (C=O) groups is 1. The van der Waals surface area contributed by atoms with Crippen molar-refractivity contribution in [3.05, 3.63) is 29.8 Å². The molecule has 0 aliphatic carbocycles. The van der Waals surface area contributed by atoms with Crippen molar-refractivity contribution >= 4 is 5.78 Å². The monoisotopic (exact) mass is 276 g/mol. The van der Waals surface area contributed by atoms with Crippen LogP contribution in [-0.2, 0) is 0 Å². The molecule has 0 N–H and O–H groups in total. The summed E-state index contributed by atoms with van der Waals surface area (Å²) in [5, 5.41) is 0. The van der Waals surface area contributed by atoms with Gasteiger partial charge < -0.3 is 4.74 Å². The maximum atomic E-state index is 12.2. The van der Waals surface area contributed by atoms with Gasteiger partial charge in [0.05, 0.1) is 12.2 Å². The van der Waals surface area contributed by atoms with Crippen LogP contribution >= 0.6 is 0 Å². The number of unbranched alkanes of at least 4 members (excludes halogenated alkanes) is 6. The van der Waals surface area contributed by atoms with E-state index in [4.69, 9.17) is 4.74 Å². The van der Waals surface area contributed by atoms with Gasteiger partial charge in [-0.25, -0.2) is 0 Å². The molecule has 0 spiro atoms. The van der Waals surface area contributed by atoms with Gasteiger partial charge in [-0.05, 0) is 25.5 Å². The first-order valence-electron chi connectivity index (χ1n) is 8.04. The molecule has 2 nitrogen and oxygen atoms in total. The van der Waals surface area contributed by atoms with Gasteiger partial charge >= 0.3 is 0 Å². The van der Waals surface area contributed by atoms with Crippen LogP contribution in [0.15, 0.2) is 24.3 Å². The van der Waals surface area contributed by atoms with Crippen LogP contribution in [0, 0.1) is 0 Å². The van der Waals surface area contributed by atoms with Gasteiger partial charge in [-0.2, -0.15) is 0 Å². The Morgan fingerprint density at radius 2 is 1.60 bits per heavy atom. The Morgan fingerprint density at radius 3 is 2.30 bits per heavy atom. The lowest BCUT2D eigenvalue weighted by Crippen LogP contribution is -2.03. The first kappa shape index (κ1) is 16.7. The summed E-state index contributed by atoms with van der Waals surface area (Å²) in [6, 6.07) is 7.56. The van der Waals surface area contributed by atoms with Crippen LogP contribution in [0.3, 0.4) is 0 Å². The summed E-state index contributed by atoms with van der Waals surface area (Å²) in [4.78, 5) is 12.2. The highest BCUT2D eigenvalue weighted by Gasteiger charge is 2.11. The van der Waals surface area contributed by atoms with Crippen LogP contribution in [-0.4, -0.2) is 12.4 Å². The number of benzene rings is 1. The smallest absolute Gasteiger partial charge is 0.166 e. The van der Waals surface area contributed by atoms with E-state index in [1.165, 1.54) is 32.1 Å². The topological polar surface area (TPSA) is 26.3 Å². The summed E-state index contributed by atoms with van der Waals surface area (Å²) in [7, 11) is 0. The SMILES string of the molecule is CCCCCCCCCC(=O)c1ccccc1OCC. The normalized spacial score (nSPS) is 10.5. The second-order valence-electron chi connectivity index (χ2n) is 5.22. The Morgan fingerprint density at radius 1 is 0.950 bits per heavy atom. The quantitative estimate of drug-likeness (QED) is 0.399. The molecule has 0 saturated carbocycles. The van der Waals surface area contributed by atoms with E-state index in [1.807, 2.05) is 31.2 Å². The maximum Gasteiger partial charge on any atom is 0.166 e. The van der Waals surface area contributed by atoms with Gasteiger partial charge in [0.25, 0.3) is 0 Å². The summed E-state index contributed by atoms with van der Waals surface area (Å²) in [6.45, 7) is 4.77. The van der Waals surface area contributed by atoms with Gasteiger partial charge in [-0.3, -0.25) is 4.79 Å². The fraction of sp³-hybridized carbons (Fsp3) is 0.611. The molecule has 1 rings (SSSR count). The van der Waals surface area contributed by atoms with Crippen molar-refractivity contribution in [2.75, 3.05) is 6.61 Å². The zero-order chi connectivity index (χ0) is 14.6. The summed E-state index contributed by atoms with van der Waals surface area (Å²) in [5.74, 6) is 0.936. The number of carbonyl (C=O) groups excluding carboxylic acids is 1. The second kappa shape index (κ2) is 10.5. The largest absolute Gasteiger partial charge is 0.493 e. The molecule has 0 bridgehead atoms. The van der Waals surface area contributed by atoms with E-state index in [2.05, 4.69) is 6.92 Å². The highest BCUT2D eigenvalue weighted by Crippen LogP contribution is 2.21. The van der Waals surface area contributed by atoms with E-state index >= 15 is 0 Å². The molecule has 1 aromatic carbocycles. The Bertz CT molecular complexity index is 385. The van der Waals surface area contributed by atoms with Crippen LogP contribution in [0.4, 0.5) is 0 Å². The van der Waals surface area contributed by atoms with Gasteiger partial charge in [0.2, 0.25) is 0 Å². The first-order chi connectivity index (χ1) is 9.79. The van der Waals surface area contributed by atoms with Crippen molar-refractivity contribution in [3.63, 3.8) is 0 Å². The number of rotatable bonds is 11. The minimum absolute atomic E-state index is 0.211. The van der Waals surface area contributed by atoms with Crippen molar-refractivity contribution in [3.8, 4) is 5.75 Å². The fourth-order valence-electron chi connectivity index (χ4n) is 2.36. The number of ether oxygens (including phenoxy) is 1. The molecule has 0 fully saturated rings. The molecule has 0 aromatic heterocycles. The molecule has 0 aliphatic heterocycles. The predicted molar refractivity (Wildman–Crippen MR) is 84.6 cm³/mol. The van der Waals surface area contributed by atoms with Crippen molar-refractivity contribution < 1.29 is 9.53 Å². The molecule has 0 saturated heterocycles. The van der Waals surface area contributed by atoms with Crippen LogP contribution in [0.5, 0.6) is 5.75 Å². The number of Topliss-reactive ketones (excluding diaryl/α,β-unsaturated/α-hetero) is 1. The van der Waals surface area contributed by atoms with Crippen LogP contribution < -0.4 is 4.74 Å². The van der Waals surface area contributed by atoms with Crippen molar-refractivity contribution in [2.24, 2.45) is 0 Å². The highest BCUT2D eigenvalue weighted by molar-refractivity contribution is 5.98. The number of para-hydroxylation sites is 1. The molecule has 112 valence electrons.